The highest BCUT2D eigenvalue weighted by molar-refractivity contribution is 7.80. The van der Waals surface area contributed by atoms with Gasteiger partial charge in [0.1, 0.15) is 4.99 Å². The summed E-state index contributed by atoms with van der Waals surface area (Å²) in [7, 11) is 0. The molecule has 0 unspecified atom stereocenters. The van der Waals surface area contributed by atoms with Crippen LogP contribution in [0.15, 0.2) is 36.4 Å². The van der Waals surface area contributed by atoms with E-state index in [1.807, 2.05) is 50.2 Å². The van der Waals surface area contributed by atoms with Crippen LogP contribution in [0.1, 0.15) is 22.5 Å². The first-order valence-corrected chi connectivity index (χ1v) is 6.54. The minimum atomic E-state index is 0.403. The average Bonchev–Trinajstić information content (AvgIpc) is 2.36. The van der Waals surface area contributed by atoms with Crippen LogP contribution in [0.25, 0.3) is 0 Å². The third-order valence-corrected chi connectivity index (χ3v) is 3.07. The summed E-state index contributed by atoms with van der Waals surface area (Å²) in [4.78, 5) is 4.86. The number of thiocarbonyl (C=S) groups is 1. The Bertz CT molecular complexity index is 608. The molecule has 1 aromatic carbocycles. The minimum absolute atomic E-state index is 0.403. The molecule has 0 bridgehead atoms. The Morgan fingerprint density at radius 3 is 2.74 bits per heavy atom. The van der Waals surface area contributed by atoms with Gasteiger partial charge in [0, 0.05) is 16.9 Å². The molecule has 0 saturated carbocycles. The number of pyridine rings is 1. The largest absolute Gasteiger partial charge is 0.389 e. The summed E-state index contributed by atoms with van der Waals surface area (Å²) in [6.45, 7) is 4.68. The number of nitrogens with one attached hydrogen (secondary N) is 1. The number of benzene rings is 1. The SMILES string of the molecule is Cc1ccc(C(N)=S)c(NCc2cccc(C)n2)c1. The highest BCUT2D eigenvalue weighted by Gasteiger charge is 2.05. The van der Waals surface area contributed by atoms with Crippen molar-refractivity contribution in [1.82, 2.24) is 4.98 Å². The van der Waals surface area contributed by atoms with Crippen molar-refractivity contribution in [2.24, 2.45) is 5.73 Å². The monoisotopic (exact) mass is 271 g/mol. The van der Waals surface area contributed by atoms with Crippen LogP contribution < -0.4 is 11.1 Å². The van der Waals surface area contributed by atoms with Crippen molar-refractivity contribution in [3.05, 3.63) is 58.9 Å². The van der Waals surface area contributed by atoms with Gasteiger partial charge in [-0.3, -0.25) is 4.98 Å². The summed E-state index contributed by atoms with van der Waals surface area (Å²) in [5.41, 5.74) is 10.7. The fourth-order valence-electron chi connectivity index (χ4n) is 1.90. The number of aryl methyl sites for hydroxylation is 2. The first-order chi connectivity index (χ1) is 9.06. The second kappa shape index (κ2) is 5.80. The Kier molecular flexibility index (Phi) is 4.12. The Labute approximate surface area is 118 Å². The van der Waals surface area contributed by atoms with Crippen molar-refractivity contribution in [2.45, 2.75) is 20.4 Å². The quantitative estimate of drug-likeness (QED) is 0.839. The molecule has 0 spiro atoms. The van der Waals surface area contributed by atoms with E-state index in [1.54, 1.807) is 0 Å². The van der Waals surface area contributed by atoms with Gasteiger partial charge >= 0.3 is 0 Å². The maximum Gasteiger partial charge on any atom is 0.106 e. The molecule has 2 aromatic rings. The molecule has 0 saturated heterocycles. The molecule has 0 fully saturated rings. The Hall–Kier alpha value is -1.94. The van der Waals surface area contributed by atoms with Gasteiger partial charge in [-0.25, -0.2) is 0 Å². The van der Waals surface area contributed by atoms with Gasteiger partial charge in [-0.2, -0.15) is 0 Å². The molecule has 1 heterocycles. The van der Waals surface area contributed by atoms with Crippen molar-refractivity contribution >= 4 is 22.9 Å². The van der Waals surface area contributed by atoms with Crippen LogP contribution in [-0.4, -0.2) is 9.97 Å². The molecule has 0 aliphatic rings. The predicted octanol–water partition coefficient (Wildman–Crippen LogP) is 2.94. The first kappa shape index (κ1) is 13.5. The molecule has 0 aliphatic carbocycles. The van der Waals surface area contributed by atoms with E-state index in [4.69, 9.17) is 18.0 Å². The summed E-state index contributed by atoms with van der Waals surface area (Å²) in [6, 6.07) is 12.0. The molecule has 3 nitrogen and oxygen atoms in total. The van der Waals surface area contributed by atoms with Crippen LogP contribution in [0.4, 0.5) is 5.69 Å². The maximum atomic E-state index is 5.73. The fourth-order valence-corrected chi connectivity index (χ4v) is 2.08. The zero-order valence-electron chi connectivity index (χ0n) is 11.1. The highest BCUT2D eigenvalue weighted by Crippen LogP contribution is 2.18. The topological polar surface area (TPSA) is 50.9 Å². The summed E-state index contributed by atoms with van der Waals surface area (Å²) < 4.78 is 0. The standard InChI is InChI=1S/C15H17N3S/c1-10-6-7-13(15(16)19)14(8-10)17-9-12-5-3-4-11(2)18-12/h3-8,17H,9H2,1-2H3,(H2,16,19). The molecule has 0 radical (unpaired) electrons. The van der Waals surface area contributed by atoms with Gasteiger partial charge in [0.2, 0.25) is 0 Å². The second-order valence-electron chi connectivity index (χ2n) is 4.54. The van der Waals surface area contributed by atoms with E-state index in [9.17, 15) is 0 Å². The molecule has 0 atom stereocenters. The number of nitrogens with zero attached hydrogens (tertiary/aromatic N) is 1. The highest BCUT2D eigenvalue weighted by atomic mass is 32.1. The molecule has 0 aliphatic heterocycles. The van der Waals surface area contributed by atoms with E-state index in [0.29, 0.717) is 11.5 Å². The van der Waals surface area contributed by atoms with Crippen LogP contribution in [0.2, 0.25) is 0 Å². The number of hydrogen-bond donors (Lipinski definition) is 2. The van der Waals surface area contributed by atoms with Crippen molar-refractivity contribution in [3.63, 3.8) is 0 Å². The minimum Gasteiger partial charge on any atom is -0.389 e. The molecule has 19 heavy (non-hydrogen) atoms. The lowest BCUT2D eigenvalue weighted by molar-refractivity contribution is 1.01. The van der Waals surface area contributed by atoms with Crippen molar-refractivity contribution in [3.8, 4) is 0 Å². The molecule has 98 valence electrons. The van der Waals surface area contributed by atoms with Crippen molar-refractivity contribution in [1.29, 1.82) is 0 Å². The fraction of sp³-hybridized carbons (Fsp3) is 0.200. The number of anilines is 1. The molecule has 4 heteroatoms. The van der Waals surface area contributed by atoms with Gasteiger partial charge in [0.25, 0.3) is 0 Å². The van der Waals surface area contributed by atoms with E-state index in [1.165, 1.54) is 5.56 Å². The predicted molar refractivity (Wildman–Crippen MR) is 83.4 cm³/mol. The van der Waals surface area contributed by atoms with Crippen LogP contribution >= 0.6 is 12.2 Å². The van der Waals surface area contributed by atoms with Gasteiger partial charge in [-0.15, -0.1) is 0 Å². The summed E-state index contributed by atoms with van der Waals surface area (Å²) in [6.07, 6.45) is 0. The third kappa shape index (κ3) is 3.51. The number of aromatic nitrogens is 1. The Morgan fingerprint density at radius 2 is 2.05 bits per heavy atom. The molecule has 3 N–H and O–H groups in total. The van der Waals surface area contributed by atoms with Crippen molar-refractivity contribution < 1.29 is 0 Å². The average molecular weight is 271 g/mol. The summed E-state index contributed by atoms with van der Waals surface area (Å²) >= 11 is 5.07. The van der Waals surface area contributed by atoms with E-state index >= 15 is 0 Å². The summed E-state index contributed by atoms with van der Waals surface area (Å²) in [5.74, 6) is 0. The summed E-state index contributed by atoms with van der Waals surface area (Å²) in [5, 5.41) is 3.35. The second-order valence-corrected chi connectivity index (χ2v) is 4.98. The van der Waals surface area contributed by atoms with Gasteiger partial charge < -0.3 is 11.1 Å². The molecular weight excluding hydrogens is 254 g/mol. The van der Waals surface area contributed by atoms with Gasteiger partial charge in [0.05, 0.1) is 12.2 Å². The van der Waals surface area contributed by atoms with E-state index in [0.717, 1.165) is 22.6 Å². The molecular formula is C15H17N3S. The lowest BCUT2D eigenvalue weighted by Gasteiger charge is -2.12. The van der Waals surface area contributed by atoms with E-state index < -0.39 is 0 Å². The number of nitrogens with two attached hydrogens (primary N) is 1. The van der Waals surface area contributed by atoms with E-state index in [2.05, 4.69) is 10.3 Å². The Balaban J connectivity index is 2.19. The van der Waals surface area contributed by atoms with Crippen LogP contribution in [0, 0.1) is 13.8 Å². The zero-order valence-corrected chi connectivity index (χ0v) is 11.9. The number of rotatable bonds is 4. The maximum absolute atomic E-state index is 5.73. The van der Waals surface area contributed by atoms with Crippen LogP contribution in [0.5, 0.6) is 0 Å². The third-order valence-electron chi connectivity index (χ3n) is 2.85. The van der Waals surface area contributed by atoms with Gasteiger partial charge in [-0.05, 0) is 43.7 Å². The van der Waals surface area contributed by atoms with Crippen molar-refractivity contribution in [2.75, 3.05) is 5.32 Å². The lowest BCUT2D eigenvalue weighted by Crippen LogP contribution is -2.13. The van der Waals surface area contributed by atoms with E-state index in [-0.39, 0.29) is 0 Å². The smallest absolute Gasteiger partial charge is 0.106 e. The first-order valence-electron chi connectivity index (χ1n) is 6.13. The lowest BCUT2D eigenvalue weighted by atomic mass is 10.1. The molecule has 1 aromatic heterocycles. The van der Waals surface area contributed by atoms with Crippen LogP contribution in [-0.2, 0) is 6.54 Å². The van der Waals surface area contributed by atoms with Gasteiger partial charge in [-0.1, -0.05) is 24.4 Å². The normalized spacial score (nSPS) is 10.2. The zero-order chi connectivity index (χ0) is 13.8. The number of hydrogen-bond acceptors (Lipinski definition) is 3. The Morgan fingerprint density at radius 1 is 1.26 bits per heavy atom. The molecule has 2 rings (SSSR count). The molecule has 0 amide bonds. The van der Waals surface area contributed by atoms with Gasteiger partial charge in [0.15, 0.2) is 0 Å². The van der Waals surface area contributed by atoms with Crippen LogP contribution in [0.3, 0.4) is 0 Å².